The van der Waals surface area contributed by atoms with E-state index in [-0.39, 0.29) is 11.1 Å². The molecular weight excluding hydrogens is 789 g/mol. The van der Waals surface area contributed by atoms with Crippen molar-refractivity contribution in [2.75, 3.05) is 4.90 Å². The molecule has 2 amide bonds. The van der Waals surface area contributed by atoms with Crippen molar-refractivity contribution in [1.82, 2.24) is 14.5 Å². The van der Waals surface area contributed by atoms with Crippen LogP contribution in [0.5, 0.6) is 0 Å². The zero-order valence-corrected chi connectivity index (χ0v) is 34.0. The van der Waals surface area contributed by atoms with Crippen LogP contribution in [0.1, 0.15) is 31.8 Å². The normalized spacial score (nSPS) is 12.1. The summed E-state index contributed by atoms with van der Waals surface area (Å²) in [4.78, 5) is 41.3. The number of carbonyl (C=O) groups excluding carboxylic acids is 2. The molecular formula is C56H32N6O2. The van der Waals surface area contributed by atoms with Crippen LogP contribution in [0.25, 0.3) is 83.1 Å². The molecule has 64 heavy (non-hydrogen) atoms. The summed E-state index contributed by atoms with van der Waals surface area (Å²) in [5.41, 5.74) is 11.8. The Morgan fingerprint density at radius 1 is 0.406 bits per heavy atom. The third-order valence-corrected chi connectivity index (χ3v) is 11.9. The molecule has 0 spiro atoms. The van der Waals surface area contributed by atoms with Crippen molar-refractivity contribution in [3.63, 3.8) is 0 Å². The third-order valence-electron chi connectivity index (χ3n) is 11.9. The highest BCUT2D eigenvalue weighted by Gasteiger charge is 2.42. The van der Waals surface area contributed by atoms with Crippen LogP contribution < -0.4 is 4.90 Å². The number of imide groups is 1. The molecule has 0 bridgehead atoms. The second kappa shape index (κ2) is 15.3. The number of carbonyl (C=O) groups is 2. The molecule has 0 radical (unpaired) electrons. The van der Waals surface area contributed by atoms with Crippen LogP contribution in [0.4, 0.5) is 5.69 Å². The van der Waals surface area contributed by atoms with Crippen molar-refractivity contribution >= 4 is 39.3 Å². The number of para-hydroxylation sites is 2. The predicted octanol–water partition coefficient (Wildman–Crippen LogP) is 12.5. The molecule has 7 aromatic carbocycles. The number of benzene rings is 7. The van der Waals surface area contributed by atoms with Gasteiger partial charge in [-0.3, -0.25) is 19.6 Å². The van der Waals surface area contributed by atoms with Gasteiger partial charge >= 0.3 is 0 Å². The van der Waals surface area contributed by atoms with Crippen molar-refractivity contribution < 1.29 is 9.59 Å². The SMILES string of the molecule is N#Cc1cncc(-c2cccc3c4cccc(-c5cncc(C#N)c5)c4n(-c4cccc5c4C(=O)N(c4c(-c6ccccc6)cc(-c6ccccc6)cc4-c4ccccc4)C5=O)c23)c1. The first-order valence-corrected chi connectivity index (χ1v) is 20.7. The minimum atomic E-state index is -0.469. The van der Waals surface area contributed by atoms with Crippen LogP contribution in [0, 0.1) is 22.7 Å². The number of aromatic nitrogens is 3. The van der Waals surface area contributed by atoms with E-state index in [1.807, 2.05) is 127 Å². The molecule has 1 aliphatic heterocycles. The largest absolute Gasteiger partial charge is 0.307 e. The quantitative estimate of drug-likeness (QED) is 0.148. The topological polar surface area (TPSA) is 116 Å². The van der Waals surface area contributed by atoms with Crippen LogP contribution >= 0.6 is 0 Å². The molecule has 0 unspecified atom stereocenters. The number of pyridine rings is 2. The Labute approximate surface area is 367 Å². The van der Waals surface area contributed by atoms with Gasteiger partial charge in [-0.1, -0.05) is 133 Å². The van der Waals surface area contributed by atoms with E-state index in [0.29, 0.717) is 33.6 Å². The molecule has 0 aliphatic carbocycles. The van der Waals surface area contributed by atoms with Crippen molar-refractivity contribution in [2.24, 2.45) is 0 Å². The number of fused-ring (bicyclic) bond motifs is 4. The number of hydrogen-bond donors (Lipinski definition) is 0. The van der Waals surface area contributed by atoms with Crippen LogP contribution in [0.2, 0.25) is 0 Å². The van der Waals surface area contributed by atoms with E-state index in [2.05, 4.69) is 50.9 Å². The first kappa shape index (κ1) is 37.7. The van der Waals surface area contributed by atoms with Crippen LogP contribution in [0.3, 0.4) is 0 Å². The molecule has 8 nitrogen and oxygen atoms in total. The maximum Gasteiger partial charge on any atom is 0.268 e. The van der Waals surface area contributed by atoms with Gasteiger partial charge in [0.2, 0.25) is 0 Å². The molecule has 0 saturated heterocycles. The van der Waals surface area contributed by atoms with E-state index < -0.39 is 11.8 Å². The summed E-state index contributed by atoms with van der Waals surface area (Å²) in [6.45, 7) is 0. The molecule has 3 aromatic heterocycles. The molecule has 11 rings (SSSR count). The second-order valence-corrected chi connectivity index (χ2v) is 15.6. The third kappa shape index (κ3) is 6.06. The van der Waals surface area contributed by atoms with Gasteiger partial charge < -0.3 is 4.57 Å². The van der Waals surface area contributed by atoms with Gasteiger partial charge in [-0.25, -0.2) is 4.90 Å². The Bertz CT molecular complexity index is 3450. The molecule has 0 fully saturated rings. The second-order valence-electron chi connectivity index (χ2n) is 15.6. The van der Waals surface area contributed by atoms with Gasteiger partial charge in [0.05, 0.1) is 44.7 Å². The average molecular weight is 821 g/mol. The van der Waals surface area contributed by atoms with Crippen molar-refractivity contribution in [2.45, 2.75) is 0 Å². The standard InChI is InChI=1S/C56H32N6O2/c57-29-35-25-41(33-59-31-35)43-19-10-21-45-46-22-11-20-44(42-26-36(30-58)32-60-34-42)53(46)61(52(43)45)50-24-12-23-47-51(50)56(64)62(55(47)63)54-48(38-15-6-2-7-16-38)27-40(37-13-4-1-5-14-37)28-49(54)39-17-8-3-9-18-39/h1-28,31-34H. The maximum atomic E-state index is 15.8. The summed E-state index contributed by atoms with van der Waals surface area (Å²) < 4.78 is 2.05. The van der Waals surface area contributed by atoms with Gasteiger partial charge in [-0.15, -0.1) is 0 Å². The fraction of sp³-hybridized carbons (Fsp3) is 0. The van der Waals surface area contributed by atoms with E-state index in [1.165, 1.54) is 17.3 Å². The lowest BCUT2D eigenvalue weighted by atomic mass is 9.90. The Balaban J connectivity index is 1.22. The Hall–Kier alpha value is -9.24. The number of anilines is 1. The fourth-order valence-electron chi connectivity index (χ4n) is 9.12. The minimum Gasteiger partial charge on any atom is -0.307 e. The molecule has 1 aliphatic rings. The monoisotopic (exact) mass is 820 g/mol. The number of nitriles is 2. The van der Waals surface area contributed by atoms with Crippen molar-refractivity contribution in [3.05, 3.63) is 217 Å². The fourth-order valence-corrected chi connectivity index (χ4v) is 9.12. The summed E-state index contributed by atoms with van der Waals surface area (Å²) in [5, 5.41) is 21.6. The average Bonchev–Trinajstić information content (AvgIpc) is 3.84. The maximum absolute atomic E-state index is 15.8. The summed E-state index contributed by atoms with van der Waals surface area (Å²) in [7, 11) is 0. The Morgan fingerprint density at radius 2 is 0.875 bits per heavy atom. The van der Waals surface area contributed by atoms with Gasteiger partial charge in [0, 0.05) is 68.9 Å². The number of hydrogen-bond acceptors (Lipinski definition) is 6. The zero-order valence-electron chi connectivity index (χ0n) is 34.0. The Morgan fingerprint density at radius 3 is 1.38 bits per heavy atom. The van der Waals surface area contributed by atoms with Gasteiger partial charge in [-0.05, 0) is 58.7 Å². The van der Waals surface area contributed by atoms with Crippen LogP contribution in [-0.2, 0) is 0 Å². The Kier molecular flexibility index (Phi) is 9.05. The van der Waals surface area contributed by atoms with E-state index in [0.717, 1.165) is 66.3 Å². The number of amides is 2. The van der Waals surface area contributed by atoms with Crippen molar-refractivity contribution in [1.29, 1.82) is 10.5 Å². The molecule has 0 N–H and O–H groups in total. The van der Waals surface area contributed by atoms with Crippen LogP contribution in [0.15, 0.2) is 195 Å². The van der Waals surface area contributed by atoms with E-state index in [9.17, 15) is 10.5 Å². The highest BCUT2D eigenvalue weighted by atomic mass is 16.2. The number of rotatable bonds is 7. The summed E-state index contributed by atoms with van der Waals surface area (Å²) >= 11 is 0. The molecule has 4 heterocycles. The molecule has 8 heteroatoms. The van der Waals surface area contributed by atoms with Gasteiger partial charge in [0.15, 0.2) is 0 Å². The predicted molar refractivity (Wildman–Crippen MR) is 251 cm³/mol. The molecule has 0 saturated carbocycles. The first-order valence-electron chi connectivity index (χ1n) is 20.7. The molecule has 298 valence electrons. The van der Waals surface area contributed by atoms with E-state index in [1.54, 1.807) is 30.6 Å². The lowest BCUT2D eigenvalue weighted by Gasteiger charge is -2.24. The van der Waals surface area contributed by atoms with Crippen molar-refractivity contribution in [3.8, 4) is 73.5 Å². The van der Waals surface area contributed by atoms with Gasteiger partial charge in [-0.2, -0.15) is 10.5 Å². The van der Waals surface area contributed by atoms with Crippen LogP contribution in [-0.4, -0.2) is 26.3 Å². The van der Waals surface area contributed by atoms with Gasteiger partial charge in [0.25, 0.3) is 11.8 Å². The summed E-state index contributed by atoms with van der Waals surface area (Å²) in [5.74, 6) is -0.912. The lowest BCUT2D eigenvalue weighted by Crippen LogP contribution is -2.30. The smallest absolute Gasteiger partial charge is 0.268 e. The number of nitrogens with zero attached hydrogens (tertiary/aromatic N) is 6. The minimum absolute atomic E-state index is 0.244. The van der Waals surface area contributed by atoms with E-state index >= 15 is 9.59 Å². The summed E-state index contributed by atoms with van der Waals surface area (Å²) in [6, 6.07) is 59.3. The zero-order chi connectivity index (χ0) is 43.3. The molecule has 10 aromatic rings. The van der Waals surface area contributed by atoms with Gasteiger partial charge in [0.1, 0.15) is 12.1 Å². The van der Waals surface area contributed by atoms with E-state index in [4.69, 9.17) is 0 Å². The highest BCUT2D eigenvalue weighted by molar-refractivity contribution is 6.37. The summed E-state index contributed by atoms with van der Waals surface area (Å²) in [6.07, 6.45) is 6.49. The highest BCUT2D eigenvalue weighted by Crippen LogP contribution is 2.48. The molecule has 0 atom stereocenters. The lowest BCUT2D eigenvalue weighted by molar-refractivity contribution is 0.0926. The first-order chi connectivity index (χ1) is 31.5.